The van der Waals surface area contributed by atoms with Crippen LogP contribution < -0.4 is 9.80 Å². The van der Waals surface area contributed by atoms with Gasteiger partial charge in [-0.25, -0.2) is 13.8 Å². The van der Waals surface area contributed by atoms with Crippen molar-refractivity contribution in [2.45, 2.75) is 6.54 Å². The second-order valence-corrected chi connectivity index (χ2v) is 6.83. The van der Waals surface area contributed by atoms with Crippen molar-refractivity contribution in [3.05, 3.63) is 47.7 Å². The molecule has 2 aromatic rings. The van der Waals surface area contributed by atoms with Gasteiger partial charge in [0, 0.05) is 52.0 Å². The Kier molecular flexibility index (Phi) is 5.45. The van der Waals surface area contributed by atoms with Crippen molar-refractivity contribution >= 4 is 11.8 Å². The Hall–Kier alpha value is -2.32. The minimum Gasteiger partial charge on any atom is -0.378 e. The number of piperazine rings is 1. The van der Waals surface area contributed by atoms with Crippen LogP contribution >= 0.6 is 0 Å². The zero-order chi connectivity index (χ0) is 18.6. The number of hydrogen-bond acceptors (Lipinski definition) is 6. The molecule has 2 fully saturated rings. The molecule has 2 saturated heterocycles. The molecule has 0 atom stereocenters. The zero-order valence-electron chi connectivity index (χ0n) is 15.2. The van der Waals surface area contributed by atoms with E-state index >= 15 is 0 Å². The molecule has 0 amide bonds. The van der Waals surface area contributed by atoms with E-state index in [9.17, 15) is 8.78 Å². The Bertz CT molecular complexity index is 776. The van der Waals surface area contributed by atoms with Crippen molar-refractivity contribution in [2.75, 3.05) is 62.3 Å². The Morgan fingerprint density at radius 3 is 2.41 bits per heavy atom. The van der Waals surface area contributed by atoms with E-state index in [-0.39, 0.29) is 0 Å². The molecule has 3 heterocycles. The number of aromatic nitrogens is 2. The van der Waals surface area contributed by atoms with Gasteiger partial charge in [0.15, 0.2) is 11.6 Å². The quantitative estimate of drug-likeness (QED) is 0.814. The van der Waals surface area contributed by atoms with Crippen molar-refractivity contribution in [2.24, 2.45) is 0 Å². The molecule has 1 aromatic heterocycles. The average molecular weight is 375 g/mol. The lowest BCUT2D eigenvalue weighted by Crippen LogP contribution is -2.46. The highest BCUT2D eigenvalue weighted by Gasteiger charge is 2.20. The van der Waals surface area contributed by atoms with Gasteiger partial charge < -0.3 is 14.5 Å². The van der Waals surface area contributed by atoms with Crippen LogP contribution in [0.1, 0.15) is 5.56 Å². The molecule has 0 N–H and O–H groups in total. The number of halogens is 2. The van der Waals surface area contributed by atoms with Gasteiger partial charge in [0.05, 0.1) is 13.2 Å². The van der Waals surface area contributed by atoms with Crippen molar-refractivity contribution in [1.82, 2.24) is 14.9 Å². The Morgan fingerprint density at radius 1 is 0.889 bits per heavy atom. The molecule has 0 unspecified atom stereocenters. The third-order valence-electron chi connectivity index (χ3n) is 5.01. The fourth-order valence-corrected chi connectivity index (χ4v) is 3.46. The first-order chi connectivity index (χ1) is 13.2. The molecular weight excluding hydrogens is 352 g/mol. The number of rotatable bonds is 4. The number of benzene rings is 1. The Morgan fingerprint density at radius 2 is 1.67 bits per heavy atom. The molecule has 0 radical (unpaired) electrons. The second kappa shape index (κ2) is 8.14. The van der Waals surface area contributed by atoms with Crippen LogP contribution in [0.4, 0.5) is 20.5 Å². The summed E-state index contributed by atoms with van der Waals surface area (Å²) in [6.07, 6.45) is 1.81. The minimum atomic E-state index is -0.802. The molecule has 27 heavy (non-hydrogen) atoms. The lowest BCUT2D eigenvalue weighted by molar-refractivity contribution is 0.122. The molecular formula is C19H23F2N5O. The van der Waals surface area contributed by atoms with Crippen molar-refractivity contribution in [3.63, 3.8) is 0 Å². The second-order valence-electron chi connectivity index (χ2n) is 6.83. The van der Waals surface area contributed by atoms with Gasteiger partial charge in [-0.15, -0.1) is 0 Å². The monoisotopic (exact) mass is 375 g/mol. The van der Waals surface area contributed by atoms with Gasteiger partial charge in [-0.3, -0.25) is 4.90 Å². The Labute approximate surface area is 157 Å². The molecule has 0 saturated carbocycles. The summed E-state index contributed by atoms with van der Waals surface area (Å²) >= 11 is 0. The largest absolute Gasteiger partial charge is 0.378 e. The van der Waals surface area contributed by atoms with Crippen LogP contribution in [-0.2, 0) is 11.3 Å². The van der Waals surface area contributed by atoms with Gasteiger partial charge in [-0.05, 0) is 23.8 Å². The van der Waals surface area contributed by atoms with Gasteiger partial charge in [-0.1, -0.05) is 6.07 Å². The molecule has 6 nitrogen and oxygen atoms in total. The van der Waals surface area contributed by atoms with Crippen LogP contribution in [0, 0.1) is 11.6 Å². The highest BCUT2D eigenvalue weighted by Crippen LogP contribution is 2.19. The molecule has 144 valence electrons. The third kappa shape index (κ3) is 4.33. The molecule has 0 spiro atoms. The zero-order valence-corrected chi connectivity index (χ0v) is 15.2. The van der Waals surface area contributed by atoms with Crippen LogP contribution in [0.2, 0.25) is 0 Å². The van der Waals surface area contributed by atoms with Gasteiger partial charge in [0.2, 0.25) is 5.95 Å². The lowest BCUT2D eigenvalue weighted by atomic mass is 10.2. The SMILES string of the molecule is Fc1ccc(CN2CCN(c3ccnc(N4CCOCC4)n3)CC2)cc1F. The van der Waals surface area contributed by atoms with Gasteiger partial charge in [-0.2, -0.15) is 4.98 Å². The first-order valence-corrected chi connectivity index (χ1v) is 9.26. The van der Waals surface area contributed by atoms with E-state index in [0.29, 0.717) is 19.8 Å². The normalized spacial score (nSPS) is 18.7. The van der Waals surface area contributed by atoms with Crippen LogP contribution in [0.5, 0.6) is 0 Å². The van der Waals surface area contributed by atoms with E-state index in [4.69, 9.17) is 9.72 Å². The molecule has 8 heteroatoms. The van der Waals surface area contributed by atoms with Crippen LogP contribution in [-0.4, -0.2) is 67.4 Å². The minimum absolute atomic E-state index is 0.619. The maximum absolute atomic E-state index is 13.4. The predicted molar refractivity (Wildman–Crippen MR) is 98.9 cm³/mol. The number of ether oxygens (including phenoxy) is 1. The molecule has 1 aromatic carbocycles. The Balaban J connectivity index is 1.35. The van der Waals surface area contributed by atoms with Crippen LogP contribution in [0.25, 0.3) is 0 Å². The van der Waals surface area contributed by atoms with E-state index in [1.807, 2.05) is 6.07 Å². The molecule has 0 aliphatic carbocycles. The number of morpholine rings is 1. The van der Waals surface area contributed by atoms with Gasteiger partial charge >= 0.3 is 0 Å². The van der Waals surface area contributed by atoms with E-state index < -0.39 is 11.6 Å². The first-order valence-electron chi connectivity index (χ1n) is 9.26. The number of anilines is 2. The summed E-state index contributed by atoms with van der Waals surface area (Å²) in [6.45, 7) is 7.01. The average Bonchev–Trinajstić information content (AvgIpc) is 2.72. The number of hydrogen-bond donors (Lipinski definition) is 0. The summed E-state index contributed by atoms with van der Waals surface area (Å²) in [4.78, 5) is 15.8. The summed E-state index contributed by atoms with van der Waals surface area (Å²) < 4.78 is 31.8. The predicted octanol–water partition coefficient (Wildman–Crippen LogP) is 1.91. The van der Waals surface area contributed by atoms with Crippen LogP contribution in [0.15, 0.2) is 30.5 Å². The third-order valence-corrected chi connectivity index (χ3v) is 5.01. The van der Waals surface area contributed by atoms with Crippen LogP contribution in [0.3, 0.4) is 0 Å². The van der Waals surface area contributed by atoms with Crippen molar-refractivity contribution < 1.29 is 13.5 Å². The van der Waals surface area contributed by atoms with E-state index in [1.165, 1.54) is 12.1 Å². The van der Waals surface area contributed by atoms with E-state index in [0.717, 1.165) is 56.6 Å². The summed E-state index contributed by atoms with van der Waals surface area (Å²) in [7, 11) is 0. The first kappa shape index (κ1) is 18.1. The standard InChI is InChI=1S/C19H23F2N5O/c20-16-2-1-15(13-17(16)21)14-24-5-7-25(8-6-24)18-3-4-22-19(23-18)26-9-11-27-12-10-26/h1-4,13H,5-12,14H2. The lowest BCUT2D eigenvalue weighted by Gasteiger charge is -2.36. The molecule has 0 bridgehead atoms. The summed E-state index contributed by atoms with van der Waals surface area (Å²) in [6, 6.07) is 6.05. The highest BCUT2D eigenvalue weighted by molar-refractivity contribution is 5.44. The maximum atomic E-state index is 13.4. The smallest absolute Gasteiger partial charge is 0.227 e. The van der Waals surface area contributed by atoms with E-state index in [1.54, 1.807) is 12.3 Å². The molecule has 2 aliphatic heterocycles. The summed E-state index contributed by atoms with van der Waals surface area (Å²) in [5.41, 5.74) is 0.791. The maximum Gasteiger partial charge on any atom is 0.227 e. The van der Waals surface area contributed by atoms with E-state index in [2.05, 4.69) is 19.7 Å². The fraction of sp³-hybridized carbons (Fsp3) is 0.474. The van der Waals surface area contributed by atoms with Gasteiger partial charge in [0.1, 0.15) is 5.82 Å². The topological polar surface area (TPSA) is 44.7 Å². The summed E-state index contributed by atoms with van der Waals surface area (Å²) in [5, 5.41) is 0. The highest BCUT2D eigenvalue weighted by atomic mass is 19.2. The van der Waals surface area contributed by atoms with Crippen molar-refractivity contribution in [1.29, 1.82) is 0 Å². The summed E-state index contributed by atoms with van der Waals surface area (Å²) in [5.74, 6) is 0.0881. The molecule has 2 aliphatic rings. The number of nitrogens with zero attached hydrogens (tertiary/aromatic N) is 5. The van der Waals surface area contributed by atoms with Gasteiger partial charge in [0.25, 0.3) is 0 Å². The fourth-order valence-electron chi connectivity index (χ4n) is 3.46. The molecule has 4 rings (SSSR count). The van der Waals surface area contributed by atoms with Crippen molar-refractivity contribution in [3.8, 4) is 0 Å².